The molecule has 0 radical (unpaired) electrons. The van der Waals surface area contributed by atoms with E-state index in [2.05, 4.69) is 19.6 Å². The molecule has 0 aliphatic rings. The monoisotopic (exact) mass is 246 g/mol. The summed E-state index contributed by atoms with van der Waals surface area (Å²) in [7, 11) is 0. The number of carbonyl (C=O) groups is 1. The smallest absolute Gasteiger partial charge is 0.318 e. The number of carbonyl (C=O) groups excluding carboxylic acids is 1. The first-order chi connectivity index (χ1) is 7.72. The van der Waals surface area contributed by atoms with Gasteiger partial charge in [0.15, 0.2) is 0 Å². The highest BCUT2D eigenvalue weighted by Gasteiger charge is 2.13. The highest BCUT2D eigenvalue weighted by Crippen LogP contribution is 2.13. The van der Waals surface area contributed by atoms with Crippen LogP contribution in [0.25, 0.3) is 0 Å². The van der Waals surface area contributed by atoms with Gasteiger partial charge in [-0.05, 0) is 13.3 Å². The Morgan fingerprint density at radius 3 is 2.19 bits per heavy atom. The van der Waals surface area contributed by atoms with Crippen molar-refractivity contribution in [2.75, 3.05) is 6.61 Å². The number of esters is 1. The summed E-state index contributed by atoms with van der Waals surface area (Å²) < 4.78 is 4.90. The molecule has 96 valence electrons. The molecule has 0 aromatic rings. The summed E-state index contributed by atoms with van der Waals surface area (Å²) in [5, 5.41) is -0.226. The van der Waals surface area contributed by atoms with Gasteiger partial charge >= 0.3 is 5.97 Å². The third-order valence-electron chi connectivity index (χ3n) is 2.64. The Morgan fingerprint density at radius 2 is 1.62 bits per heavy atom. The van der Waals surface area contributed by atoms with Crippen molar-refractivity contribution in [2.24, 2.45) is 0 Å². The number of unbranched alkanes of at least 4 members (excludes halogenated alkanes) is 6. The fourth-order valence-electron chi connectivity index (χ4n) is 1.65. The van der Waals surface area contributed by atoms with Crippen molar-refractivity contribution in [2.45, 2.75) is 70.5 Å². The molecule has 3 heteroatoms. The lowest BCUT2D eigenvalue weighted by atomic mass is 10.1. The van der Waals surface area contributed by atoms with Gasteiger partial charge in [-0.25, -0.2) is 0 Å². The molecule has 0 aromatic carbocycles. The van der Waals surface area contributed by atoms with E-state index in [1.165, 1.54) is 38.5 Å². The van der Waals surface area contributed by atoms with Crippen molar-refractivity contribution in [1.82, 2.24) is 0 Å². The second-order valence-electron chi connectivity index (χ2n) is 4.18. The first-order valence-corrected chi connectivity index (χ1v) is 7.08. The van der Waals surface area contributed by atoms with Gasteiger partial charge in [-0.2, -0.15) is 12.6 Å². The molecule has 16 heavy (non-hydrogen) atoms. The average Bonchev–Trinajstić information content (AvgIpc) is 2.28. The summed E-state index contributed by atoms with van der Waals surface area (Å²) in [5.74, 6) is -0.170. The van der Waals surface area contributed by atoms with E-state index in [-0.39, 0.29) is 11.2 Å². The SMILES string of the molecule is CCCCCCCCCC(S)C(=O)OCC. The molecule has 0 rings (SSSR count). The maximum atomic E-state index is 11.2. The number of rotatable bonds is 10. The lowest BCUT2D eigenvalue weighted by molar-refractivity contribution is -0.142. The third kappa shape index (κ3) is 9.08. The van der Waals surface area contributed by atoms with Crippen molar-refractivity contribution in [1.29, 1.82) is 0 Å². The van der Waals surface area contributed by atoms with Crippen molar-refractivity contribution in [3.63, 3.8) is 0 Å². The number of hydrogen-bond donors (Lipinski definition) is 1. The predicted octanol–water partition coefficient (Wildman–Crippen LogP) is 3.99. The number of hydrogen-bond acceptors (Lipinski definition) is 3. The van der Waals surface area contributed by atoms with Gasteiger partial charge in [0.25, 0.3) is 0 Å². The second-order valence-corrected chi connectivity index (χ2v) is 4.80. The van der Waals surface area contributed by atoms with Gasteiger partial charge in [0, 0.05) is 0 Å². The van der Waals surface area contributed by atoms with Crippen LogP contribution in [-0.2, 0) is 9.53 Å². The van der Waals surface area contributed by atoms with E-state index in [1.54, 1.807) is 0 Å². The normalized spacial score (nSPS) is 12.4. The van der Waals surface area contributed by atoms with E-state index in [1.807, 2.05) is 6.92 Å². The summed E-state index contributed by atoms with van der Waals surface area (Å²) in [6.45, 7) is 4.50. The quantitative estimate of drug-likeness (QED) is 0.358. The zero-order chi connectivity index (χ0) is 12.2. The predicted molar refractivity (Wildman–Crippen MR) is 72.0 cm³/mol. The summed E-state index contributed by atoms with van der Waals surface area (Å²) >= 11 is 4.24. The van der Waals surface area contributed by atoms with Gasteiger partial charge in [0.05, 0.1) is 11.9 Å². The van der Waals surface area contributed by atoms with E-state index < -0.39 is 0 Å². The van der Waals surface area contributed by atoms with E-state index >= 15 is 0 Å². The number of ether oxygens (including phenoxy) is 1. The minimum atomic E-state index is -0.226. The fourth-order valence-corrected chi connectivity index (χ4v) is 1.91. The summed E-state index contributed by atoms with van der Waals surface area (Å²) in [6.07, 6.45) is 9.72. The largest absolute Gasteiger partial charge is 0.465 e. The molecule has 1 unspecified atom stereocenters. The Balaban J connectivity index is 3.27. The second kappa shape index (κ2) is 11.3. The summed E-state index contributed by atoms with van der Waals surface area (Å²) in [4.78, 5) is 11.2. The fraction of sp³-hybridized carbons (Fsp3) is 0.923. The average molecular weight is 246 g/mol. The summed E-state index contributed by atoms with van der Waals surface area (Å²) in [5.41, 5.74) is 0. The molecule has 0 saturated carbocycles. The molecule has 2 nitrogen and oxygen atoms in total. The van der Waals surface area contributed by atoms with Crippen molar-refractivity contribution < 1.29 is 9.53 Å². The van der Waals surface area contributed by atoms with Crippen LogP contribution >= 0.6 is 12.6 Å². The maximum absolute atomic E-state index is 11.2. The molecule has 0 aliphatic carbocycles. The Morgan fingerprint density at radius 1 is 1.06 bits per heavy atom. The highest BCUT2D eigenvalue weighted by atomic mass is 32.1. The van der Waals surface area contributed by atoms with E-state index in [4.69, 9.17) is 4.74 Å². The first-order valence-electron chi connectivity index (χ1n) is 6.57. The maximum Gasteiger partial charge on any atom is 0.318 e. The van der Waals surface area contributed by atoms with Crippen molar-refractivity contribution in [3.05, 3.63) is 0 Å². The van der Waals surface area contributed by atoms with Gasteiger partial charge in [0.1, 0.15) is 0 Å². The molecule has 0 N–H and O–H groups in total. The van der Waals surface area contributed by atoms with E-state index in [0.29, 0.717) is 6.61 Å². The Kier molecular flexibility index (Phi) is 11.2. The van der Waals surface area contributed by atoms with E-state index in [0.717, 1.165) is 12.8 Å². The zero-order valence-electron chi connectivity index (χ0n) is 10.7. The standard InChI is InChI=1S/C13H26O2S/c1-3-5-6-7-8-9-10-11-12(16)13(14)15-4-2/h12,16H,3-11H2,1-2H3. The van der Waals surface area contributed by atoms with Gasteiger partial charge in [0.2, 0.25) is 0 Å². The number of thiol groups is 1. The third-order valence-corrected chi connectivity index (χ3v) is 3.11. The molecule has 0 aliphatic heterocycles. The molecule has 0 spiro atoms. The zero-order valence-corrected chi connectivity index (χ0v) is 11.6. The van der Waals surface area contributed by atoms with Crippen LogP contribution in [0.15, 0.2) is 0 Å². The van der Waals surface area contributed by atoms with Gasteiger partial charge in [-0.1, -0.05) is 51.9 Å². The Hall–Kier alpha value is -0.180. The topological polar surface area (TPSA) is 26.3 Å². The highest BCUT2D eigenvalue weighted by molar-refractivity contribution is 7.81. The minimum absolute atomic E-state index is 0.170. The molecule has 0 amide bonds. The van der Waals surface area contributed by atoms with Crippen LogP contribution in [-0.4, -0.2) is 17.8 Å². The van der Waals surface area contributed by atoms with Crippen molar-refractivity contribution in [3.8, 4) is 0 Å². The van der Waals surface area contributed by atoms with Crippen LogP contribution in [0.4, 0.5) is 0 Å². The van der Waals surface area contributed by atoms with Crippen LogP contribution in [0, 0.1) is 0 Å². The molecule has 0 aromatic heterocycles. The molecule has 1 atom stereocenters. The van der Waals surface area contributed by atoms with Gasteiger partial charge in [-0.3, -0.25) is 4.79 Å². The Bertz CT molecular complexity index is 171. The molecule has 0 saturated heterocycles. The van der Waals surface area contributed by atoms with Gasteiger partial charge < -0.3 is 4.74 Å². The molecule has 0 fully saturated rings. The van der Waals surface area contributed by atoms with Crippen LogP contribution in [0.3, 0.4) is 0 Å². The van der Waals surface area contributed by atoms with Gasteiger partial charge in [-0.15, -0.1) is 0 Å². The van der Waals surface area contributed by atoms with Crippen molar-refractivity contribution >= 4 is 18.6 Å². The molecular formula is C13H26O2S. The Labute approximate surface area is 106 Å². The minimum Gasteiger partial charge on any atom is -0.465 e. The lowest BCUT2D eigenvalue weighted by Crippen LogP contribution is -2.17. The van der Waals surface area contributed by atoms with Crippen LogP contribution < -0.4 is 0 Å². The van der Waals surface area contributed by atoms with Crippen LogP contribution in [0.1, 0.15) is 65.2 Å². The molecule has 0 heterocycles. The van der Waals surface area contributed by atoms with Crippen LogP contribution in [0.2, 0.25) is 0 Å². The molecular weight excluding hydrogens is 220 g/mol. The van der Waals surface area contributed by atoms with E-state index in [9.17, 15) is 4.79 Å². The lowest BCUT2D eigenvalue weighted by Gasteiger charge is -2.09. The molecule has 0 bridgehead atoms. The van der Waals surface area contributed by atoms with Crippen LogP contribution in [0.5, 0.6) is 0 Å². The first kappa shape index (κ1) is 15.8. The summed E-state index contributed by atoms with van der Waals surface area (Å²) in [6, 6.07) is 0.